The van der Waals surface area contributed by atoms with Crippen LogP contribution in [-0.2, 0) is 4.74 Å². The van der Waals surface area contributed by atoms with Crippen LogP contribution in [0.4, 0.5) is 10.5 Å². The normalized spacial score (nSPS) is 15.2. The number of piperidine rings is 1. The third-order valence-corrected chi connectivity index (χ3v) is 6.56. The zero-order valence-corrected chi connectivity index (χ0v) is 18.0. The first-order valence-electron chi connectivity index (χ1n) is 10.0. The van der Waals surface area contributed by atoms with Gasteiger partial charge < -0.3 is 4.74 Å². The lowest BCUT2D eigenvalue weighted by Crippen LogP contribution is -2.38. The van der Waals surface area contributed by atoms with Crippen LogP contribution in [0.2, 0.25) is 5.02 Å². The molecule has 0 spiro atoms. The van der Waals surface area contributed by atoms with Crippen molar-refractivity contribution in [2.75, 3.05) is 31.6 Å². The van der Waals surface area contributed by atoms with Gasteiger partial charge in [-0.1, -0.05) is 17.7 Å². The number of rotatable bonds is 6. The van der Waals surface area contributed by atoms with E-state index in [9.17, 15) is 9.59 Å². The van der Waals surface area contributed by atoms with E-state index in [1.54, 1.807) is 35.6 Å². The van der Waals surface area contributed by atoms with Gasteiger partial charge in [0.15, 0.2) is 5.78 Å². The third kappa shape index (κ3) is 5.19. The topological polar surface area (TPSA) is 58.6 Å². The molecule has 1 amide bonds. The fraction of sp³-hybridized carbons (Fsp3) is 0.304. The highest BCUT2D eigenvalue weighted by Crippen LogP contribution is 2.25. The molecule has 5 nitrogen and oxygen atoms in total. The van der Waals surface area contributed by atoms with Crippen LogP contribution >= 0.6 is 22.9 Å². The second kappa shape index (κ2) is 9.60. The molecular formula is C23H23ClN2O3S. The quantitative estimate of drug-likeness (QED) is 0.497. The number of thiophene rings is 1. The van der Waals surface area contributed by atoms with Crippen molar-refractivity contribution in [2.24, 2.45) is 5.92 Å². The van der Waals surface area contributed by atoms with Crippen LogP contribution in [0.5, 0.6) is 0 Å². The van der Waals surface area contributed by atoms with Gasteiger partial charge in [-0.2, -0.15) is 0 Å². The Morgan fingerprint density at radius 2 is 1.87 bits per heavy atom. The molecule has 0 saturated carbocycles. The largest absolute Gasteiger partial charge is 0.448 e. The highest BCUT2D eigenvalue weighted by molar-refractivity contribution is 7.17. The summed E-state index contributed by atoms with van der Waals surface area (Å²) in [5.74, 6) is 0.225. The molecule has 2 heterocycles. The maximum Gasteiger partial charge on any atom is 0.411 e. The number of ketones is 1. The average Bonchev–Trinajstić information content (AvgIpc) is 3.22. The van der Waals surface area contributed by atoms with Crippen molar-refractivity contribution in [1.82, 2.24) is 4.90 Å². The number of Topliss-reactive ketones (excluding diaryl/α,β-unsaturated/α-hetero) is 1. The molecule has 7 heteroatoms. The van der Waals surface area contributed by atoms with Crippen LogP contribution < -0.4 is 5.32 Å². The van der Waals surface area contributed by atoms with Gasteiger partial charge in [0, 0.05) is 33.4 Å². The summed E-state index contributed by atoms with van der Waals surface area (Å²) in [5.41, 5.74) is 1.45. The Morgan fingerprint density at radius 1 is 1.10 bits per heavy atom. The van der Waals surface area contributed by atoms with Gasteiger partial charge in [0.05, 0.1) is 0 Å². The number of ether oxygens (including phenoxy) is 1. The number of fused-ring (bicyclic) bond motifs is 1. The Balaban J connectivity index is 1.18. The summed E-state index contributed by atoms with van der Waals surface area (Å²) in [6.45, 7) is 2.64. The molecular weight excluding hydrogens is 420 g/mol. The Bertz CT molecular complexity index is 1030. The van der Waals surface area contributed by atoms with Crippen LogP contribution in [0, 0.1) is 5.92 Å². The van der Waals surface area contributed by atoms with E-state index < -0.39 is 6.09 Å². The first-order chi connectivity index (χ1) is 14.6. The molecule has 1 saturated heterocycles. The summed E-state index contributed by atoms with van der Waals surface area (Å²) in [7, 11) is 0. The van der Waals surface area contributed by atoms with Gasteiger partial charge in [-0.15, -0.1) is 11.3 Å². The molecule has 1 fully saturated rings. The number of nitrogens with zero attached hydrogens (tertiary/aromatic N) is 1. The van der Waals surface area contributed by atoms with Crippen molar-refractivity contribution in [3.8, 4) is 0 Å². The first-order valence-corrected chi connectivity index (χ1v) is 11.3. The van der Waals surface area contributed by atoms with Crippen LogP contribution in [0.25, 0.3) is 10.1 Å². The minimum absolute atomic E-state index is 0.0406. The molecule has 3 aromatic rings. The number of amides is 1. The zero-order chi connectivity index (χ0) is 20.9. The summed E-state index contributed by atoms with van der Waals surface area (Å²) >= 11 is 7.54. The second-order valence-electron chi connectivity index (χ2n) is 7.42. The van der Waals surface area contributed by atoms with Crippen molar-refractivity contribution < 1.29 is 14.3 Å². The lowest BCUT2D eigenvalue weighted by molar-refractivity contribution is 0.0813. The van der Waals surface area contributed by atoms with Crippen molar-refractivity contribution >= 4 is 50.6 Å². The standard InChI is InChI=1S/C23H23ClN2O3S/c24-19-4-1-17(2-5-19)22(27)18-7-10-26(11-8-18)12-13-29-23(28)25-20-6-3-16-9-14-30-21(16)15-20/h1-6,9,14-15,18H,7-8,10-13H2,(H,25,28). The summed E-state index contributed by atoms with van der Waals surface area (Å²) in [6.07, 6.45) is 1.18. The number of nitrogens with one attached hydrogen (secondary N) is 1. The fourth-order valence-electron chi connectivity index (χ4n) is 3.72. The number of likely N-dealkylation sites (tertiary alicyclic amines) is 1. The number of hydrogen-bond acceptors (Lipinski definition) is 5. The van der Waals surface area contributed by atoms with Gasteiger partial charge in [-0.25, -0.2) is 4.79 Å². The van der Waals surface area contributed by atoms with E-state index in [0.29, 0.717) is 18.2 Å². The van der Waals surface area contributed by atoms with Crippen LogP contribution in [-0.4, -0.2) is 43.0 Å². The smallest absolute Gasteiger partial charge is 0.411 e. The number of hydrogen-bond donors (Lipinski definition) is 1. The van der Waals surface area contributed by atoms with E-state index in [2.05, 4.69) is 10.2 Å². The van der Waals surface area contributed by atoms with Crippen LogP contribution in [0.1, 0.15) is 23.2 Å². The molecule has 0 atom stereocenters. The van der Waals surface area contributed by atoms with Crippen LogP contribution in [0.3, 0.4) is 0 Å². The van der Waals surface area contributed by atoms with E-state index in [1.165, 1.54) is 0 Å². The van der Waals surface area contributed by atoms with Gasteiger partial charge in [0.25, 0.3) is 0 Å². The van der Waals surface area contributed by atoms with Crippen molar-refractivity contribution in [2.45, 2.75) is 12.8 Å². The van der Waals surface area contributed by atoms with E-state index in [1.807, 2.05) is 29.6 Å². The van der Waals surface area contributed by atoms with Crippen molar-refractivity contribution in [3.63, 3.8) is 0 Å². The predicted octanol–water partition coefficient (Wildman–Crippen LogP) is 5.70. The molecule has 0 unspecified atom stereocenters. The maximum atomic E-state index is 12.6. The number of benzene rings is 2. The predicted molar refractivity (Wildman–Crippen MR) is 122 cm³/mol. The van der Waals surface area contributed by atoms with E-state index in [0.717, 1.165) is 47.3 Å². The number of carbonyl (C=O) groups excluding carboxylic acids is 2. The minimum Gasteiger partial charge on any atom is -0.448 e. The molecule has 1 aliphatic rings. The van der Waals surface area contributed by atoms with Gasteiger partial charge >= 0.3 is 6.09 Å². The van der Waals surface area contributed by atoms with Gasteiger partial charge in [-0.3, -0.25) is 15.0 Å². The van der Waals surface area contributed by atoms with Crippen molar-refractivity contribution in [3.05, 3.63) is 64.5 Å². The lowest BCUT2D eigenvalue weighted by Gasteiger charge is -2.31. The van der Waals surface area contributed by atoms with Gasteiger partial charge in [0.1, 0.15) is 6.61 Å². The summed E-state index contributed by atoms with van der Waals surface area (Å²) in [4.78, 5) is 26.9. The SMILES string of the molecule is O=C(Nc1ccc2ccsc2c1)OCCN1CCC(C(=O)c2ccc(Cl)cc2)CC1. The number of halogens is 1. The maximum absolute atomic E-state index is 12.6. The number of carbonyl (C=O) groups is 2. The molecule has 0 radical (unpaired) electrons. The molecule has 0 bridgehead atoms. The number of anilines is 1. The monoisotopic (exact) mass is 442 g/mol. The van der Waals surface area contributed by atoms with E-state index in [-0.39, 0.29) is 11.7 Å². The van der Waals surface area contributed by atoms with Crippen LogP contribution in [0.15, 0.2) is 53.9 Å². The summed E-state index contributed by atoms with van der Waals surface area (Å²) in [5, 5.41) is 6.61. The second-order valence-corrected chi connectivity index (χ2v) is 8.81. The zero-order valence-electron chi connectivity index (χ0n) is 16.5. The fourth-order valence-corrected chi connectivity index (χ4v) is 4.68. The Hall–Kier alpha value is -2.41. The average molecular weight is 443 g/mol. The highest BCUT2D eigenvalue weighted by atomic mass is 35.5. The molecule has 1 aromatic heterocycles. The van der Waals surface area contributed by atoms with E-state index >= 15 is 0 Å². The molecule has 1 aliphatic heterocycles. The van der Waals surface area contributed by atoms with E-state index in [4.69, 9.17) is 16.3 Å². The van der Waals surface area contributed by atoms with Gasteiger partial charge in [0.2, 0.25) is 0 Å². The van der Waals surface area contributed by atoms with Crippen molar-refractivity contribution in [1.29, 1.82) is 0 Å². The molecule has 0 aliphatic carbocycles. The summed E-state index contributed by atoms with van der Waals surface area (Å²) in [6, 6.07) is 14.9. The molecule has 30 heavy (non-hydrogen) atoms. The molecule has 2 aromatic carbocycles. The van der Waals surface area contributed by atoms with Gasteiger partial charge in [-0.05, 0) is 79.2 Å². The molecule has 1 N–H and O–H groups in total. The Kier molecular flexibility index (Phi) is 6.67. The lowest BCUT2D eigenvalue weighted by atomic mass is 9.89. The highest BCUT2D eigenvalue weighted by Gasteiger charge is 2.25. The Morgan fingerprint density at radius 3 is 2.63 bits per heavy atom. The minimum atomic E-state index is -0.446. The summed E-state index contributed by atoms with van der Waals surface area (Å²) < 4.78 is 6.46. The molecule has 156 valence electrons. The third-order valence-electron chi connectivity index (χ3n) is 5.43. The first kappa shape index (κ1) is 20.8. The molecule has 4 rings (SSSR count). The Labute approximate surface area is 184 Å².